The first-order chi connectivity index (χ1) is 28.9. The molecule has 320 valence electrons. The molecule has 4 aromatic rings. The van der Waals surface area contributed by atoms with Crippen LogP contribution in [0.1, 0.15) is 95.7 Å². The number of nitrogens with zero attached hydrogens (tertiary/aromatic N) is 2. The van der Waals surface area contributed by atoms with Gasteiger partial charge in [0.2, 0.25) is 0 Å². The topological polar surface area (TPSA) is 155 Å². The lowest BCUT2D eigenvalue weighted by molar-refractivity contribution is -0.0333. The Labute approximate surface area is 354 Å². The standard InChI is InChI=1S/C46H56N3O10P/c1-9-55-44(51)35-27-34(28-36(29-35)45(52)56-10-2)43(50)48-30-42(59-60(58-26-14-25-47)49(32(3)4)33(5)6)31-57-46(37-15-12-11-13-16-37,38-17-21-40(53-7)22-18-38)39-19-23-41(54-8)24-20-39/h11-13,15-24,27-29,32-33,42H,9-10,14,26,30-31H2,1-8H3,(H,48,50). The van der Waals surface area contributed by atoms with Crippen molar-refractivity contribution in [1.29, 1.82) is 5.26 Å². The van der Waals surface area contributed by atoms with Crippen LogP contribution >= 0.6 is 8.53 Å². The number of nitriles is 1. The Morgan fingerprint density at radius 1 is 0.733 bits per heavy atom. The van der Waals surface area contributed by atoms with Crippen LogP contribution in [0.5, 0.6) is 11.5 Å². The fraction of sp³-hybridized carbons (Fsp3) is 0.391. The van der Waals surface area contributed by atoms with Crippen LogP contribution in [0.25, 0.3) is 0 Å². The van der Waals surface area contributed by atoms with Crippen molar-refractivity contribution in [3.63, 3.8) is 0 Å². The molecule has 0 radical (unpaired) electrons. The SMILES string of the molecule is CCOC(=O)c1cc(C(=O)NCC(COC(c2ccccc2)(c2ccc(OC)cc2)c2ccc(OC)cc2)OP(OCCC#N)N(C(C)C)C(C)C)cc(C(=O)OCC)c1. The Kier molecular flexibility index (Phi) is 18.5. The third kappa shape index (κ3) is 12.3. The van der Waals surface area contributed by atoms with Crippen LogP contribution in [0.2, 0.25) is 0 Å². The zero-order valence-electron chi connectivity index (χ0n) is 35.6. The lowest BCUT2D eigenvalue weighted by atomic mass is 9.80. The molecule has 4 rings (SSSR count). The first-order valence-electron chi connectivity index (χ1n) is 19.9. The maximum atomic E-state index is 14.0. The van der Waals surface area contributed by atoms with Crippen molar-refractivity contribution in [3.05, 3.63) is 130 Å². The first kappa shape index (κ1) is 47.3. The second kappa shape index (κ2) is 23.4. The maximum Gasteiger partial charge on any atom is 0.338 e. The molecule has 1 amide bonds. The summed E-state index contributed by atoms with van der Waals surface area (Å²) in [6, 6.07) is 31.2. The fourth-order valence-electron chi connectivity index (χ4n) is 6.57. The smallest absolute Gasteiger partial charge is 0.338 e. The zero-order valence-corrected chi connectivity index (χ0v) is 36.5. The summed E-state index contributed by atoms with van der Waals surface area (Å²) in [6.45, 7) is 11.6. The number of methoxy groups -OCH3 is 2. The lowest BCUT2D eigenvalue weighted by Gasteiger charge is -2.39. The monoisotopic (exact) mass is 841 g/mol. The molecule has 0 bridgehead atoms. The molecule has 2 atom stereocenters. The highest BCUT2D eigenvalue weighted by molar-refractivity contribution is 7.44. The Morgan fingerprint density at radius 3 is 1.67 bits per heavy atom. The van der Waals surface area contributed by atoms with Crippen LogP contribution in [-0.2, 0) is 28.9 Å². The first-order valence-corrected chi connectivity index (χ1v) is 21.1. The van der Waals surface area contributed by atoms with Gasteiger partial charge in [0.05, 0.1) is 64.3 Å². The number of rotatable bonds is 23. The molecule has 0 fully saturated rings. The zero-order chi connectivity index (χ0) is 43.7. The molecule has 1 N–H and O–H groups in total. The maximum absolute atomic E-state index is 14.0. The summed E-state index contributed by atoms with van der Waals surface area (Å²) >= 11 is 0. The van der Waals surface area contributed by atoms with Gasteiger partial charge in [-0.25, -0.2) is 14.3 Å². The number of nitrogens with one attached hydrogen (secondary N) is 1. The van der Waals surface area contributed by atoms with Gasteiger partial charge >= 0.3 is 11.9 Å². The third-order valence-corrected chi connectivity index (χ3v) is 11.5. The van der Waals surface area contributed by atoms with Gasteiger partial charge in [0.1, 0.15) is 23.2 Å². The number of amides is 1. The molecule has 14 heteroatoms. The van der Waals surface area contributed by atoms with E-state index < -0.39 is 38.1 Å². The van der Waals surface area contributed by atoms with E-state index in [0.29, 0.717) is 11.5 Å². The Bertz CT molecular complexity index is 1930. The van der Waals surface area contributed by atoms with E-state index in [0.717, 1.165) is 16.7 Å². The van der Waals surface area contributed by atoms with Gasteiger partial charge in [-0.2, -0.15) is 5.26 Å². The van der Waals surface area contributed by atoms with Crippen molar-refractivity contribution >= 4 is 26.4 Å². The summed E-state index contributed by atoms with van der Waals surface area (Å²) in [5.74, 6) is -0.632. The van der Waals surface area contributed by atoms with Crippen molar-refractivity contribution in [3.8, 4) is 17.6 Å². The van der Waals surface area contributed by atoms with Crippen molar-refractivity contribution in [2.24, 2.45) is 0 Å². The molecule has 0 aliphatic carbocycles. The largest absolute Gasteiger partial charge is 0.497 e. The predicted molar refractivity (Wildman–Crippen MR) is 229 cm³/mol. The minimum Gasteiger partial charge on any atom is -0.497 e. The molecular formula is C46H56N3O10P. The molecule has 0 aromatic heterocycles. The van der Waals surface area contributed by atoms with Crippen LogP contribution in [-0.4, -0.2) is 87.9 Å². The normalized spacial score (nSPS) is 12.4. The number of carbonyl (C=O) groups excluding carboxylic acids is 3. The minimum absolute atomic E-state index is 0.0109. The van der Waals surface area contributed by atoms with E-state index in [2.05, 4.69) is 16.1 Å². The summed E-state index contributed by atoms with van der Waals surface area (Å²) in [6.07, 6.45) is -0.699. The van der Waals surface area contributed by atoms with Gasteiger partial charge in [0.25, 0.3) is 14.4 Å². The Morgan fingerprint density at radius 2 is 1.22 bits per heavy atom. The number of ether oxygens (including phenoxy) is 5. The van der Waals surface area contributed by atoms with Crippen molar-refractivity contribution in [1.82, 2.24) is 9.99 Å². The van der Waals surface area contributed by atoms with E-state index >= 15 is 0 Å². The second-order valence-corrected chi connectivity index (χ2v) is 15.4. The van der Waals surface area contributed by atoms with Crippen LogP contribution in [0.4, 0.5) is 0 Å². The van der Waals surface area contributed by atoms with Crippen LogP contribution in [0, 0.1) is 11.3 Å². The van der Waals surface area contributed by atoms with E-state index in [9.17, 15) is 19.6 Å². The van der Waals surface area contributed by atoms with E-state index in [1.807, 2.05) is 107 Å². The average Bonchev–Trinajstić information content (AvgIpc) is 3.26. The molecule has 2 unspecified atom stereocenters. The molecule has 0 aliphatic heterocycles. The van der Waals surface area contributed by atoms with Gasteiger partial charge < -0.3 is 38.0 Å². The fourth-order valence-corrected chi connectivity index (χ4v) is 8.27. The van der Waals surface area contributed by atoms with Crippen molar-refractivity contribution in [2.75, 3.05) is 47.2 Å². The lowest BCUT2D eigenvalue weighted by Crippen LogP contribution is -2.42. The number of esters is 2. The molecule has 0 saturated heterocycles. The molecule has 0 heterocycles. The molecule has 13 nitrogen and oxygen atoms in total. The predicted octanol–water partition coefficient (Wildman–Crippen LogP) is 8.46. The second-order valence-electron chi connectivity index (χ2n) is 14.0. The van der Waals surface area contributed by atoms with Crippen molar-refractivity contribution < 1.29 is 47.1 Å². The minimum atomic E-state index is -1.80. The number of carbonyl (C=O) groups is 3. The molecule has 0 aliphatic rings. The summed E-state index contributed by atoms with van der Waals surface area (Å²) in [7, 11) is 1.41. The number of benzene rings is 4. The summed E-state index contributed by atoms with van der Waals surface area (Å²) in [5.41, 5.74) is 1.28. The molecular weight excluding hydrogens is 785 g/mol. The average molecular weight is 842 g/mol. The van der Waals surface area contributed by atoms with E-state index in [4.69, 9.17) is 32.7 Å². The number of hydrogen-bond acceptors (Lipinski definition) is 12. The van der Waals surface area contributed by atoms with Crippen molar-refractivity contribution in [2.45, 2.75) is 71.8 Å². The Balaban J connectivity index is 1.83. The summed E-state index contributed by atoms with van der Waals surface area (Å²) in [5, 5.41) is 12.3. The molecule has 4 aromatic carbocycles. The summed E-state index contributed by atoms with van der Waals surface area (Å²) < 4.78 is 43.9. The van der Waals surface area contributed by atoms with Gasteiger partial charge in [-0.1, -0.05) is 54.6 Å². The quantitative estimate of drug-likeness (QED) is 0.0330. The van der Waals surface area contributed by atoms with E-state index in [-0.39, 0.29) is 68.2 Å². The van der Waals surface area contributed by atoms with Crippen LogP contribution < -0.4 is 14.8 Å². The van der Waals surface area contributed by atoms with Crippen LogP contribution in [0.15, 0.2) is 97.1 Å². The van der Waals surface area contributed by atoms with E-state index in [1.54, 1.807) is 28.1 Å². The Hall–Kier alpha value is -5.35. The third-order valence-electron chi connectivity index (χ3n) is 9.27. The van der Waals surface area contributed by atoms with Gasteiger partial charge in [-0.3, -0.25) is 4.79 Å². The highest BCUT2D eigenvalue weighted by Crippen LogP contribution is 2.48. The van der Waals surface area contributed by atoms with Gasteiger partial charge in [0.15, 0.2) is 0 Å². The molecule has 0 spiro atoms. The highest BCUT2D eigenvalue weighted by atomic mass is 31.2. The highest BCUT2D eigenvalue weighted by Gasteiger charge is 2.40. The van der Waals surface area contributed by atoms with Gasteiger partial charge in [0, 0.05) is 24.2 Å². The summed E-state index contributed by atoms with van der Waals surface area (Å²) in [4.78, 5) is 39.7. The van der Waals surface area contributed by atoms with E-state index in [1.165, 1.54) is 18.2 Å². The number of hydrogen-bond donors (Lipinski definition) is 1. The molecule has 60 heavy (non-hydrogen) atoms. The van der Waals surface area contributed by atoms with Gasteiger partial charge in [-0.15, -0.1) is 0 Å². The van der Waals surface area contributed by atoms with Crippen LogP contribution in [0.3, 0.4) is 0 Å². The molecule has 0 saturated carbocycles. The van der Waals surface area contributed by atoms with Gasteiger partial charge in [-0.05, 0) is 101 Å².